The molecule has 1 amide bonds. The third-order valence-electron chi connectivity index (χ3n) is 5.93. The molecule has 3 fully saturated rings. The number of carbonyl (C=O) groups is 1. The summed E-state index contributed by atoms with van der Waals surface area (Å²) in [6.45, 7) is 3.43. The fraction of sp³-hybridized carbons (Fsp3) is 0.632. The lowest BCUT2D eigenvalue weighted by Gasteiger charge is -2.45. The molecule has 4 nitrogen and oxygen atoms in total. The van der Waals surface area contributed by atoms with Crippen LogP contribution in [0.15, 0.2) is 12.1 Å². The monoisotopic (exact) mass is 314 g/mol. The van der Waals surface area contributed by atoms with E-state index in [-0.39, 0.29) is 5.91 Å². The SMILES string of the molecule is COc1ccc(C(=O)NC2CN3CCC2CC3)c2c1CCCC2. The minimum Gasteiger partial charge on any atom is -0.496 e. The first-order valence-corrected chi connectivity index (χ1v) is 8.98. The van der Waals surface area contributed by atoms with Crippen molar-refractivity contribution in [2.24, 2.45) is 5.92 Å². The Morgan fingerprint density at radius 1 is 1.17 bits per heavy atom. The largest absolute Gasteiger partial charge is 0.496 e. The molecule has 3 aliphatic heterocycles. The van der Waals surface area contributed by atoms with E-state index in [2.05, 4.69) is 10.2 Å². The molecule has 124 valence electrons. The smallest absolute Gasteiger partial charge is 0.251 e. The fourth-order valence-electron chi connectivity index (χ4n) is 4.61. The van der Waals surface area contributed by atoms with Gasteiger partial charge in [0.05, 0.1) is 7.11 Å². The van der Waals surface area contributed by atoms with Gasteiger partial charge in [-0.3, -0.25) is 4.79 Å². The average molecular weight is 314 g/mol. The molecule has 1 aromatic rings. The van der Waals surface area contributed by atoms with E-state index in [9.17, 15) is 4.79 Å². The standard InChI is InChI=1S/C19H26N2O2/c1-23-18-7-6-16(14-4-2-3-5-15(14)18)19(22)20-17-12-21-10-8-13(17)9-11-21/h6-7,13,17H,2-5,8-12H2,1H3,(H,20,22). The van der Waals surface area contributed by atoms with Gasteiger partial charge in [0.15, 0.2) is 0 Å². The van der Waals surface area contributed by atoms with Gasteiger partial charge >= 0.3 is 0 Å². The summed E-state index contributed by atoms with van der Waals surface area (Å²) in [7, 11) is 1.72. The van der Waals surface area contributed by atoms with Gasteiger partial charge in [-0.15, -0.1) is 0 Å². The first-order chi connectivity index (χ1) is 11.3. The average Bonchev–Trinajstić information content (AvgIpc) is 2.61. The van der Waals surface area contributed by atoms with Gasteiger partial charge in [-0.2, -0.15) is 0 Å². The van der Waals surface area contributed by atoms with Crippen LogP contribution >= 0.6 is 0 Å². The van der Waals surface area contributed by atoms with Crippen LogP contribution in [-0.4, -0.2) is 43.6 Å². The maximum atomic E-state index is 12.9. The molecule has 3 saturated heterocycles. The van der Waals surface area contributed by atoms with Crippen molar-refractivity contribution in [3.05, 3.63) is 28.8 Å². The van der Waals surface area contributed by atoms with Crippen LogP contribution in [-0.2, 0) is 12.8 Å². The molecule has 1 aromatic carbocycles. The molecule has 4 heteroatoms. The molecule has 1 unspecified atom stereocenters. The van der Waals surface area contributed by atoms with Gasteiger partial charge in [0.1, 0.15) is 5.75 Å². The van der Waals surface area contributed by atoms with Gasteiger partial charge in [0.25, 0.3) is 5.91 Å². The second-order valence-electron chi connectivity index (χ2n) is 7.20. The van der Waals surface area contributed by atoms with Gasteiger partial charge in [-0.05, 0) is 80.8 Å². The molecule has 0 saturated carbocycles. The highest BCUT2D eigenvalue weighted by Crippen LogP contribution is 2.33. The van der Waals surface area contributed by atoms with Gasteiger partial charge in [-0.25, -0.2) is 0 Å². The Labute approximate surface area is 138 Å². The highest BCUT2D eigenvalue weighted by atomic mass is 16.5. The van der Waals surface area contributed by atoms with E-state index < -0.39 is 0 Å². The van der Waals surface area contributed by atoms with Crippen molar-refractivity contribution in [3.63, 3.8) is 0 Å². The highest BCUT2D eigenvalue weighted by molar-refractivity contribution is 5.96. The molecule has 23 heavy (non-hydrogen) atoms. The number of benzene rings is 1. The minimum absolute atomic E-state index is 0.115. The number of hydrogen-bond donors (Lipinski definition) is 1. The summed E-state index contributed by atoms with van der Waals surface area (Å²) in [5.41, 5.74) is 3.34. The zero-order valence-electron chi connectivity index (χ0n) is 13.9. The van der Waals surface area contributed by atoms with Crippen LogP contribution in [0.3, 0.4) is 0 Å². The van der Waals surface area contributed by atoms with Crippen LogP contribution in [0.5, 0.6) is 5.75 Å². The minimum atomic E-state index is 0.115. The van der Waals surface area contributed by atoms with Crippen LogP contribution in [0, 0.1) is 5.92 Å². The molecule has 0 spiro atoms. The van der Waals surface area contributed by atoms with E-state index in [4.69, 9.17) is 4.74 Å². The second-order valence-corrected chi connectivity index (χ2v) is 7.20. The van der Waals surface area contributed by atoms with Gasteiger partial charge < -0.3 is 15.0 Å². The number of carbonyl (C=O) groups excluding carboxylic acids is 1. The van der Waals surface area contributed by atoms with Crippen molar-refractivity contribution in [1.82, 2.24) is 10.2 Å². The second kappa shape index (κ2) is 6.16. The molecule has 2 bridgehead atoms. The molecule has 1 N–H and O–H groups in total. The number of amides is 1. The Hall–Kier alpha value is -1.55. The number of nitrogens with zero attached hydrogens (tertiary/aromatic N) is 1. The quantitative estimate of drug-likeness (QED) is 0.931. The van der Waals surface area contributed by atoms with E-state index in [0.717, 1.165) is 30.7 Å². The van der Waals surface area contributed by atoms with Gasteiger partial charge in [0, 0.05) is 18.2 Å². The molecule has 3 heterocycles. The lowest BCUT2D eigenvalue weighted by molar-refractivity contribution is 0.0620. The molecule has 0 aromatic heterocycles. The Morgan fingerprint density at radius 3 is 2.57 bits per heavy atom. The third-order valence-corrected chi connectivity index (χ3v) is 5.93. The number of nitrogens with one attached hydrogen (secondary N) is 1. The number of rotatable bonds is 3. The summed E-state index contributed by atoms with van der Waals surface area (Å²) < 4.78 is 5.50. The van der Waals surface area contributed by atoms with Crippen LogP contribution in [0.25, 0.3) is 0 Å². The maximum Gasteiger partial charge on any atom is 0.251 e. The molecular formula is C19H26N2O2. The number of ether oxygens (including phenoxy) is 1. The van der Waals surface area contributed by atoms with Crippen LogP contribution < -0.4 is 10.1 Å². The number of hydrogen-bond acceptors (Lipinski definition) is 3. The first kappa shape index (κ1) is 15.0. The summed E-state index contributed by atoms with van der Waals surface area (Å²) in [6.07, 6.45) is 6.83. The van der Waals surface area contributed by atoms with Crippen LogP contribution in [0.1, 0.15) is 47.2 Å². The van der Waals surface area contributed by atoms with E-state index in [1.165, 1.54) is 49.9 Å². The fourth-order valence-corrected chi connectivity index (χ4v) is 4.61. The molecule has 0 radical (unpaired) electrons. The highest BCUT2D eigenvalue weighted by Gasteiger charge is 2.35. The Balaban J connectivity index is 1.56. The summed E-state index contributed by atoms with van der Waals surface area (Å²) in [4.78, 5) is 15.4. The number of fused-ring (bicyclic) bond motifs is 4. The molecule has 1 atom stereocenters. The summed E-state index contributed by atoms with van der Waals surface area (Å²) in [5, 5.41) is 3.33. The van der Waals surface area contributed by atoms with E-state index in [1.54, 1.807) is 7.11 Å². The topological polar surface area (TPSA) is 41.6 Å². The Kier molecular flexibility index (Phi) is 4.02. The number of methoxy groups -OCH3 is 1. The van der Waals surface area contributed by atoms with E-state index in [0.29, 0.717) is 12.0 Å². The van der Waals surface area contributed by atoms with Crippen molar-refractivity contribution >= 4 is 5.91 Å². The Morgan fingerprint density at radius 2 is 1.91 bits per heavy atom. The van der Waals surface area contributed by atoms with E-state index >= 15 is 0 Å². The normalized spacial score (nSPS) is 29.0. The lowest BCUT2D eigenvalue weighted by Crippen LogP contribution is -2.57. The summed E-state index contributed by atoms with van der Waals surface area (Å²) >= 11 is 0. The van der Waals surface area contributed by atoms with Gasteiger partial charge in [-0.1, -0.05) is 0 Å². The third kappa shape index (κ3) is 2.74. The molecule has 5 rings (SSSR count). The zero-order chi connectivity index (χ0) is 15.8. The van der Waals surface area contributed by atoms with Gasteiger partial charge in [0.2, 0.25) is 0 Å². The molecule has 1 aliphatic carbocycles. The molecule has 4 aliphatic rings. The van der Waals surface area contributed by atoms with E-state index in [1.807, 2.05) is 12.1 Å². The predicted molar refractivity (Wildman–Crippen MR) is 90.1 cm³/mol. The maximum absolute atomic E-state index is 12.9. The predicted octanol–water partition coefficient (Wildman–Crippen LogP) is 2.40. The van der Waals surface area contributed by atoms with Crippen molar-refractivity contribution in [2.75, 3.05) is 26.7 Å². The van der Waals surface area contributed by atoms with Crippen molar-refractivity contribution in [3.8, 4) is 5.75 Å². The number of piperidine rings is 3. The zero-order valence-corrected chi connectivity index (χ0v) is 13.9. The molecular weight excluding hydrogens is 288 g/mol. The summed E-state index contributed by atoms with van der Waals surface area (Å²) in [6, 6.07) is 4.25. The Bertz CT molecular complexity index is 606. The van der Waals surface area contributed by atoms with Crippen LogP contribution in [0.2, 0.25) is 0 Å². The van der Waals surface area contributed by atoms with Crippen molar-refractivity contribution < 1.29 is 9.53 Å². The first-order valence-electron chi connectivity index (χ1n) is 8.98. The lowest BCUT2D eigenvalue weighted by atomic mass is 9.83. The van der Waals surface area contributed by atoms with Crippen molar-refractivity contribution in [1.29, 1.82) is 0 Å². The van der Waals surface area contributed by atoms with Crippen molar-refractivity contribution in [2.45, 2.75) is 44.6 Å². The van der Waals surface area contributed by atoms with Crippen LogP contribution in [0.4, 0.5) is 0 Å². The summed E-state index contributed by atoms with van der Waals surface area (Å²) in [5.74, 6) is 1.72.